The first-order valence-electron chi connectivity index (χ1n) is 5.24. The molecule has 0 N–H and O–H groups in total. The van der Waals surface area contributed by atoms with Gasteiger partial charge in [-0.3, -0.25) is 14.9 Å². The minimum Gasteiger partial charge on any atom is -0.288 e. The molecule has 0 heterocycles. The predicted octanol–water partition coefficient (Wildman–Crippen LogP) is 3.10. The van der Waals surface area contributed by atoms with E-state index in [2.05, 4.69) is 0 Å². The Bertz CT molecular complexity index is 656. The van der Waals surface area contributed by atoms with Crippen LogP contribution in [0.25, 0.3) is 0 Å². The van der Waals surface area contributed by atoms with Gasteiger partial charge in [-0.05, 0) is 0 Å². The van der Waals surface area contributed by atoms with Gasteiger partial charge in [0.05, 0.1) is 11.0 Å². The molecule has 0 aliphatic carbocycles. The lowest BCUT2D eigenvalue weighted by molar-refractivity contribution is -0.385. The number of nitrogens with zero attached hydrogens (tertiary/aromatic N) is 1. The molecule has 2 aromatic rings. The SMILES string of the molecule is O=C(c1ccccc1)c1c(F)cc(F)cc1[N+](=O)[O-]. The maximum Gasteiger partial charge on any atom is 0.286 e. The van der Waals surface area contributed by atoms with Crippen molar-refractivity contribution in [3.05, 3.63) is 75.3 Å². The number of hydrogen-bond acceptors (Lipinski definition) is 3. The van der Waals surface area contributed by atoms with E-state index in [4.69, 9.17) is 0 Å². The molecule has 0 fully saturated rings. The van der Waals surface area contributed by atoms with Gasteiger partial charge in [-0.25, -0.2) is 8.78 Å². The molecule has 0 aliphatic heterocycles. The van der Waals surface area contributed by atoms with Crippen LogP contribution in [0, 0.1) is 21.7 Å². The molecule has 0 saturated heterocycles. The lowest BCUT2D eigenvalue weighted by Crippen LogP contribution is -2.09. The highest BCUT2D eigenvalue weighted by molar-refractivity contribution is 6.11. The highest BCUT2D eigenvalue weighted by Gasteiger charge is 2.26. The van der Waals surface area contributed by atoms with Crippen molar-refractivity contribution in [1.82, 2.24) is 0 Å². The third-order valence-electron chi connectivity index (χ3n) is 2.49. The zero-order valence-corrected chi connectivity index (χ0v) is 9.47. The van der Waals surface area contributed by atoms with Gasteiger partial charge in [0.1, 0.15) is 17.2 Å². The third kappa shape index (κ3) is 2.47. The molecule has 0 aromatic heterocycles. The van der Waals surface area contributed by atoms with E-state index in [0.717, 1.165) is 0 Å². The van der Waals surface area contributed by atoms with E-state index in [1.54, 1.807) is 18.2 Å². The Balaban J connectivity index is 2.62. The Morgan fingerprint density at radius 1 is 1.11 bits per heavy atom. The van der Waals surface area contributed by atoms with E-state index in [0.29, 0.717) is 12.1 Å². The molecule has 0 saturated carbocycles. The molecule has 0 unspecified atom stereocenters. The monoisotopic (exact) mass is 263 g/mol. The maximum atomic E-state index is 13.6. The van der Waals surface area contributed by atoms with Gasteiger partial charge in [0.15, 0.2) is 0 Å². The third-order valence-corrected chi connectivity index (χ3v) is 2.49. The molecule has 0 amide bonds. The lowest BCUT2D eigenvalue weighted by atomic mass is 10.0. The van der Waals surface area contributed by atoms with Crippen LogP contribution in [0.3, 0.4) is 0 Å². The van der Waals surface area contributed by atoms with Crippen molar-refractivity contribution in [2.45, 2.75) is 0 Å². The maximum absolute atomic E-state index is 13.6. The number of benzene rings is 2. The van der Waals surface area contributed by atoms with Crippen LogP contribution in [0.15, 0.2) is 42.5 Å². The molecule has 6 heteroatoms. The minimum absolute atomic E-state index is 0.0936. The first-order valence-corrected chi connectivity index (χ1v) is 5.24. The van der Waals surface area contributed by atoms with Crippen molar-refractivity contribution in [2.75, 3.05) is 0 Å². The number of carbonyl (C=O) groups excluding carboxylic acids is 1. The van der Waals surface area contributed by atoms with E-state index >= 15 is 0 Å². The molecular formula is C13H7F2NO3. The van der Waals surface area contributed by atoms with E-state index in [9.17, 15) is 23.7 Å². The Morgan fingerprint density at radius 2 is 1.74 bits per heavy atom. The van der Waals surface area contributed by atoms with Crippen LogP contribution in [-0.4, -0.2) is 10.7 Å². The Hall–Kier alpha value is -2.63. The van der Waals surface area contributed by atoms with Crippen molar-refractivity contribution in [3.8, 4) is 0 Å². The van der Waals surface area contributed by atoms with Gasteiger partial charge in [0.2, 0.25) is 5.78 Å². The zero-order chi connectivity index (χ0) is 14.0. The number of carbonyl (C=O) groups is 1. The number of halogens is 2. The summed E-state index contributed by atoms with van der Waals surface area (Å²) in [6.45, 7) is 0. The smallest absolute Gasteiger partial charge is 0.286 e. The highest BCUT2D eigenvalue weighted by Crippen LogP contribution is 2.25. The summed E-state index contributed by atoms with van der Waals surface area (Å²) < 4.78 is 26.6. The van der Waals surface area contributed by atoms with E-state index < -0.39 is 33.6 Å². The van der Waals surface area contributed by atoms with Crippen LogP contribution >= 0.6 is 0 Å². The summed E-state index contributed by atoms with van der Waals surface area (Å²) in [4.78, 5) is 21.8. The molecule has 2 rings (SSSR count). The molecule has 0 bridgehead atoms. The number of ketones is 1. The average molecular weight is 263 g/mol. The normalized spacial score (nSPS) is 10.2. The molecular weight excluding hydrogens is 256 g/mol. The van der Waals surface area contributed by atoms with Crippen LogP contribution in [0.1, 0.15) is 15.9 Å². The van der Waals surface area contributed by atoms with E-state index in [1.165, 1.54) is 12.1 Å². The fourth-order valence-electron chi connectivity index (χ4n) is 1.66. The summed E-state index contributed by atoms with van der Waals surface area (Å²) in [5, 5.41) is 10.8. The van der Waals surface area contributed by atoms with Crippen molar-refractivity contribution in [2.24, 2.45) is 0 Å². The predicted molar refractivity (Wildman–Crippen MR) is 62.9 cm³/mol. The standard InChI is InChI=1S/C13H7F2NO3/c14-9-6-10(15)12(11(7-9)16(18)19)13(17)8-4-2-1-3-5-8/h1-7H. The molecule has 2 aromatic carbocycles. The fraction of sp³-hybridized carbons (Fsp3) is 0. The van der Waals surface area contributed by atoms with Crippen LogP contribution in [0.2, 0.25) is 0 Å². The number of hydrogen-bond donors (Lipinski definition) is 0. The van der Waals surface area contributed by atoms with E-state index in [1.807, 2.05) is 0 Å². The van der Waals surface area contributed by atoms with E-state index in [-0.39, 0.29) is 5.56 Å². The minimum atomic E-state index is -1.25. The second-order valence-corrected chi connectivity index (χ2v) is 3.73. The van der Waals surface area contributed by atoms with Crippen molar-refractivity contribution in [1.29, 1.82) is 0 Å². The van der Waals surface area contributed by atoms with Crippen LogP contribution in [0.5, 0.6) is 0 Å². The Kier molecular flexibility index (Phi) is 3.33. The van der Waals surface area contributed by atoms with Gasteiger partial charge in [0.25, 0.3) is 5.69 Å². The average Bonchev–Trinajstić information content (AvgIpc) is 2.38. The van der Waals surface area contributed by atoms with Gasteiger partial charge in [-0.1, -0.05) is 30.3 Å². The Labute approximate surface area is 106 Å². The zero-order valence-electron chi connectivity index (χ0n) is 9.47. The van der Waals surface area contributed by atoms with Gasteiger partial charge in [-0.2, -0.15) is 0 Å². The lowest BCUT2D eigenvalue weighted by Gasteiger charge is -2.04. The molecule has 0 aliphatic rings. The quantitative estimate of drug-likeness (QED) is 0.485. The van der Waals surface area contributed by atoms with Crippen molar-refractivity contribution in [3.63, 3.8) is 0 Å². The summed E-state index contributed by atoms with van der Waals surface area (Å²) in [5.74, 6) is -3.21. The largest absolute Gasteiger partial charge is 0.288 e. The summed E-state index contributed by atoms with van der Waals surface area (Å²) in [6, 6.07) is 8.50. The van der Waals surface area contributed by atoms with Gasteiger partial charge in [0, 0.05) is 11.6 Å². The number of nitro benzene ring substituents is 1. The molecule has 4 nitrogen and oxygen atoms in total. The molecule has 19 heavy (non-hydrogen) atoms. The molecule has 96 valence electrons. The summed E-state index contributed by atoms with van der Waals surface area (Å²) >= 11 is 0. The van der Waals surface area contributed by atoms with Gasteiger partial charge < -0.3 is 0 Å². The van der Waals surface area contributed by atoms with Crippen molar-refractivity contribution >= 4 is 11.5 Å². The second kappa shape index (κ2) is 4.93. The van der Waals surface area contributed by atoms with Crippen molar-refractivity contribution < 1.29 is 18.5 Å². The number of nitro groups is 1. The van der Waals surface area contributed by atoms with Crippen LogP contribution < -0.4 is 0 Å². The van der Waals surface area contributed by atoms with Gasteiger partial charge >= 0.3 is 0 Å². The topological polar surface area (TPSA) is 60.2 Å². The highest BCUT2D eigenvalue weighted by atomic mass is 19.1. The van der Waals surface area contributed by atoms with Crippen LogP contribution in [-0.2, 0) is 0 Å². The molecule has 0 radical (unpaired) electrons. The first kappa shape index (κ1) is 12.8. The van der Waals surface area contributed by atoms with Gasteiger partial charge in [-0.15, -0.1) is 0 Å². The summed E-state index contributed by atoms with van der Waals surface area (Å²) in [7, 11) is 0. The summed E-state index contributed by atoms with van der Waals surface area (Å²) in [6.07, 6.45) is 0. The van der Waals surface area contributed by atoms with Crippen LogP contribution in [0.4, 0.5) is 14.5 Å². The first-order chi connectivity index (χ1) is 9.00. The molecule has 0 spiro atoms. The fourth-order valence-corrected chi connectivity index (χ4v) is 1.66. The number of rotatable bonds is 3. The Morgan fingerprint density at radius 3 is 2.32 bits per heavy atom. The molecule has 0 atom stereocenters. The second-order valence-electron chi connectivity index (χ2n) is 3.73. The summed E-state index contributed by atoms with van der Waals surface area (Å²) in [5.41, 5.74) is -1.53.